The summed E-state index contributed by atoms with van der Waals surface area (Å²) in [6.07, 6.45) is 4.09. The number of hydrogen-bond acceptors (Lipinski definition) is 4. The maximum atomic E-state index is 9.30. The van der Waals surface area contributed by atoms with Gasteiger partial charge in [-0.15, -0.1) is 0 Å². The number of nitrogens with zero attached hydrogens (tertiary/aromatic N) is 2. The zero-order valence-electron chi connectivity index (χ0n) is 11.9. The van der Waals surface area contributed by atoms with Gasteiger partial charge in [0.15, 0.2) is 0 Å². The predicted molar refractivity (Wildman–Crippen MR) is 72.8 cm³/mol. The number of aliphatic hydroxyl groups is 1. The van der Waals surface area contributed by atoms with Gasteiger partial charge in [0.1, 0.15) is 0 Å². The first-order valence-electron chi connectivity index (χ1n) is 7.32. The molecule has 1 atom stereocenters. The molecule has 0 aliphatic carbocycles. The van der Waals surface area contributed by atoms with Crippen molar-refractivity contribution in [3.63, 3.8) is 0 Å². The predicted octanol–water partition coefficient (Wildman–Crippen LogP) is 0.944. The Kier molecular flexibility index (Phi) is 5.01. The van der Waals surface area contributed by atoms with Gasteiger partial charge < -0.3 is 14.7 Å². The summed E-state index contributed by atoms with van der Waals surface area (Å²) >= 11 is 0. The highest BCUT2D eigenvalue weighted by Crippen LogP contribution is 2.20. The molecule has 0 spiro atoms. The monoisotopic (exact) mass is 256 g/mol. The lowest BCUT2D eigenvalue weighted by Crippen LogP contribution is -2.55. The summed E-state index contributed by atoms with van der Waals surface area (Å²) in [5, 5.41) is 9.30. The van der Waals surface area contributed by atoms with Gasteiger partial charge in [0, 0.05) is 26.2 Å². The van der Waals surface area contributed by atoms with Crippen molar-refractivity contribution >= 4 is 0 Å². The van der Waals surface area contributed by atoms with Crippen LogP contribution in [0, 0.1) is 0 Å². The molecule has 0 aromatic carbocycles. The van der Waals surface area contributed by atoms with Crippen LogP contribution in [0.4, 0.5) is 0 Å². The largest absolute Gasteiger partial charge is 0.394 e. The van der Waals surface area contributed by atoms with E-state index in [1.54, 1.807) is 0 Å². The van der Waals surface area contributed by atoms with Gasteiger partial charge in [0.2, 0.25) is 0 Å². The lowest BCUT2D eigenvalue weighted by molar-refractivity contribution is -0.149. The molecule has 4 heteroatoms. The van der Waals surface area contributed by atoms with Crippen LogP contribution in [0.2, 0.25) is 0 Å². The van der Waals surface area contributed by atoms with Crippen LogP contribution in [0.25, 0.3) is 0 Å². The number of piperidine rings is 1. The Hall–Kier alpha value is -0.160. The highest BCUT2D eigenvalue weighted by Gasteiger charge is 2.32. The fourth-order valence-electron chi connectivity index (χ4n) is 3.15. The number of hydrogen-bond donors (Lipinski definition) is 1. The minimum Gasteiger partial charge on any atom is -0.394 e. The Morgan fingerprint density at radius 2 is 1.78 bits per heavy atom. The van der Waals surface area contributed by atoms with Crippen molar-refractivity contribution in [1.29, 1.82) is 0 Å². The molecule has 106 valence electrons. The van der Waals surface area contributed by atoms with Crippen LogP contribution in [0.1, 0.15) is 33.1 Å². The first-order valence-corrected chi connectivity index (χ1v) is 7.32. The molecule has 2 saturated heterocycles. The first-order chi connectivity index (χ1) is 8.59. The van der Waals surface area contributed by atoms with Crippen molar-refractivity contribution in [1.82, 2.24) is 9.80 Å². The highest BCUT2D eigenvalue weighted by molar-refractivity contribution is 4.84. The average Bonchev–Trinajstić information content (AvgIpc) is 2.36. The van der Waals surface area contributed by atoms with Crippen molar-refractivity contribution < 1.29 is 9.84 Å². The number of aliphatic hydroxyl groups excluding tert-OH is 1. The van der Waals surface area contributed by atoms with E-state index < -0.39 is 0 Å². The second-order valence-corrected chi connectivity index (χ2v) is 6.32. The fourth-order valence-corrected chi connectivity index (χ4v) is 3.15. The summed E-state index contributed by atoms with van der Waals surface area (Å²) < 4.78 is 5.84. The van der Waals surface area contributed by atoms with Gasteiger partial charge >= 0.3 is 0 Å². The van der Waals surface area contributed by atoms with E-state index in [1.165, 1.54) is 32.4 Å². The summed E-state index contributed by atoms with van der Waals surface area (Å²) in [5.41, 5.74) is -0.131. The molecule has 0 saturated carbocycles. The molecule has 0 amide bonds. The van der Waals surface area contributed by atoms with Gasteiger partial charge in [0.25, 0.3) is 0 Å². The van der Waals surface area contributed by atoms with E-state index in [4.69, 9.17) is 4.74 Å². The molecule has 0 bridgehead atoms. The molecule has 2 heterocycles. The van der Waals surface area contributed by atoms with Gasteiger partial charge in [-0.1, -0.05) is 6.42 Å². The molecule has 0 radical (unpaired) electrons. The molecule has 1 unspecified atom stereocenters. The molecule has 0 aromatic heterocycles. The average molecular weight is 256 g/mol. The van der Waals surface area contributed by atoms with Crippen molar-refractivity contribution in [2.24, 2.45) is 0 Å². The van der Waals surface area contributed by atoms with Crippen LogP contribution in [0.3, 0.4) is 0 Å². The molecule has 18 heavy (non-hydrogen) atoms. The Labute approximate surface area is 111 Å². The van der Waals surface area contributed by atoms with E-state index in [2.05, 4.69) is 23.6 Å². The minimum absolute atomic E-state index is 0.0184. The molecular formula is C14H28N2O2. The van der Waals surface area contributed by atoms with Crippen LogP contribution in [-0.4, -0.2) is 72.5 Å². The smallest absolute Gasteiger partial charge is 0.0940 e. The zero-order chi connectivity index (χ0) is 13.0. The zero-order valence-corrected chi connectivity index (χ0v) is 11.9. The number of morpholine rings is 1. The molecule has 2 fully saturated rings. The van der Waals surface area contributed by atoms with Crippen LogP contribution in [-0.2, 0) is 4.74 Å². The van der Waals surface area contributed by atoms with E-state index in [1.807, 2.05) is 0 Å². The van der Waals surface area contributed by atoms with Crippen molar-refractivity contribution in [2.45, 2.75) is 44.8 Å². The molecular weight excluding hydrogens is 228 g/mol. The molecule has 2 aliphatic heterocycles. The third kappa shape index (κ3) is 4.19. The first kappa shape index (κ1) is 14.3. The van der Waals surface area contributed by atoms with Crippen LogP contribution < -0.4 is 0 Å². The van der Waals surface area contributed by atoms with E-state index in [0.29, 0.717) is 0 Å². The van der Waals surface area contributed by atoms with Crippen LogP contribution in [0.15, 0.2) is 0 Å². The van der Waals surface area contributed by atoms with E-state index in [0.717, 1.165) is 26.2 Å². The quantitative estimate of drug-likeness (QED) is 0.812. The Balaban J connectivity index is 1.77. The van der Waals surface area contributed by atoms with Crippen molar-refractivity contribution in [2.75, 3.05) is 45.9 Å². The third-order valence-corrected chi connectivity index (χ3v) is 3.94. The maximum Gasteiger partial charge on any atom is 0.0940 e. The summed E-state index contributed by atoms with van der Waals surface area (Å²) in [5.74, 6) is 0. The summed E-state index contributed by atoms with van der Waals surface area (Å²) in [4.78, 5) is 5.01. The fraction of sp³-hybridized carbons (Fsp3) is 1.00. The number of likely N-dealkylation sites (tertiary alicyclic amines) is 1. The Morgan fingerprint density at radius 1 is 1.11 bits per heavy atom. The molecule has 1 N–H and O–H groups in total. The standard InChI is InChI=1S/C14H28N2O2/c1-14(2)12-16(10-13(11-17)18-14)9-8-15-6-4-3-5-7-15/h13,17H,3-12H2,1-2H3. The van der Waals surface area contributed by atoms with Crippen molar-refractivity contribution in [3.8, 4) is 0 Å². The molecule has 0 aromatic rings. The lowest BCUT2D eigenvalue weighted by Gasteiger charge is -2.43. The van der Waals surface area contributed by atoms with Gasteiger partial charge in [-0.25, -0.2) is 0 Å². The number of ether oxygens (including phenoxy) is 1. The lowest BCUT2D eigenvalue weighted by atomic mass is 10.1. The van der Waals surface area contributed by atoms with E-state index in [9.17, 15) is 5.11 Å². The second-order valence-electron chi connectivity index (χ2n) is 6.32. The van der Waals surface area contributed by atoms with Crippen molar-refractivity contribution in [3.05, 3.63) is 0 Å². The summed E-state index contributed by atoms with van der Waals surface area (Å²) in [7, 11) is 0. The molecule has 4 nitrogen and oxygen atoms in total. The maximum absolute atomic E-state index is 9.30. The Morgan fingerprint density at radius 3 is 2.44 bits per heavy atom. The topological polar surface area (TPSA) is 35.9 Å². The van der Waals surface area contributed by atoms with Gasteiger partial charge in [-0.05, 0) is 39.8 Å². The van der Waals surface area contributed by atoms with E-state index >= 15 is 0 Å². The summed E-state index contributed by atoms with van der Waals surface area (Å²) in [6.45, 7) is 11.0. The van der Waals surface area contributed by atoms with Gasteiger partial charge in [0.05, 0.1) is 18.3 Å². The minimum atomic E-state index is -0.131. The molecule has 2 rings (SSSR count). The second kappa shape index (κ2) is 6.33. The summed E-state index contributed by atoms with van der Waals surface area (Å²) in [6, 6.07) is 0. The van der Waals surface area contributed by atoms with E-state index in [-0.39, 0.29) is 18.3 Å². The Bertz CT molecular complexity index is 252. The highest BCUT2D eigenvalue weighted by atomic mass is 16.5. The van der Waals surface area contributed by atoms with Crippen LogP contribution >= 0.6 is 0 Å². The SMILES string of the molecule is CC1(C)CN(CCN2CCCCC2)CC(CO)O1. The van der Waals surface area contributed by atoms with Crippen LogP contribution in [0.5, 0.6) is 0 Å². The number of rotatable bonds is 4. The molecule has 2 aliphatic rings. The normalized spacial score (nSPS) is 30.5. The van der Waals surface area contributed by atoms with Gasteiger partial charge in [-0.2, -0.15) is 0 Å². The van der Waals surface area contributed by atoms with Gasteiger partial charge in [-0.3, -0.25) is 4.90 Å². The third-order valence-electron chi connectivity index (χ3n) is 3.94.